The highest BCUT2D eigenvalue weighted by Crippen LogP contribution is 2.43. The summed E-state index contributed by atoms with van der Waals surface area (Å²) in [6.45, 7) is 23.5. The summed E-state index contributed by atoms with van der Waals surface area (Å²) in [5, 5.41) is 43.9. The molecular formula is C43H79NO13. The van der Waals surface area contributed by atoms with Crippen molar-refractivity contribution in [2.45, 2.75) is 201 Å². The predicted octanol–water partition coefficient (Wildman–Crippen LogP) is 4.31. The average molecular weight is 818 g/mol. The highest BCUT2D eigenvalue weighted by molar-refractivity contribution is 5.70. The van der Waals surface area contributed by atoms with Gasteiger partial charge in [0.15, 0.2) is 18.7 Å². The zero-order valence-electron chi connectivity index (χ0n) is 37.5. The molecule has 0 aromatic rings. The number of ether oxygens (including phenoxy) is 7. The first-order valence-electron chi connectivity index (χ1n) is 21.3. The Labute approximate surface area is 342 Å². The fourth-order valence-corrected chi connectivity index (χ4v) is 9.33. The number of likely N-dealkylation sites (N-methyl/N-ethyl adjacent to an activating group) is 1. The minimum atomic E-state index is -1.66. The van der Waals surface area contributed by atoms with Crippen molar-refractivity contribution >= 4 is 11.9 Å². The van der Waals surface area contributed by atoms with Gasteiger partial charge in [-0.25, -0.2) is 0 Å². The van der Waals surface area contributed by atoms with E-state index >= 15 is 0 Å². The van der Waals surface area contributed by atoms with E-state index in [1.54, 1.807) is 14.0 Å². The van der Waals surface area contributed by atoms with E-state index in [2.05, 4.69) is 41.5 Å². The van der Waals surface area contributed by atoms with Gasteiger partial charge in [-0.1, -0.05) is 55.4 Å². The maximum absolute atomic E-state index is 13.4. The molecule has 0 aromatic heterocycles. The smallest absolute Gasteiger partial charge is 0.306 e. The summed E-state index contributed by atoms with van der Waals surface area (Å²) in [7, 11) is 5.39. The third kappa shape index (κ3) is 13.0. The lowest BCUT2D eigenvalue weighted by Gasteiger charge is -2.51. The molecule has 3 heterocycles. The summed E-state index contributed by atoms with van der Waals surface area (Å²) in [5.74, 6) is -1.93. The largest absolute Gasteiger partial charge is 0.463 e. The van der Waals surface area contributed by atoms with Gasteiger partial charge in [0.1, 0.15) is 24.4 Å². The summed E-state index contributed by atoms with van der Waals surface area (Å²) < 4.78 is 45.0. The molecule has 3 rings (SSSR count). The van der Waals surface area contributed by atoms with E-state index in [-0.39, 0.29) is 42.1 Å². The standard InChI is InChI=1S/C43H79NO13/c1-21(2)16-30-17-22(3)25(6)35(48)37(50)36(49)31(46)19-24(5)52-32(47)18-23(4)38(51-15)40(30)57-42-41(55-29(10)45)34(44(13)14)39(28(9)54-42)56-33-20-43(11,12)26(7)27(8)53-33/h21-28,30-31,33-42,46,48-50H,16-20H2,1-15H3/t22-,23-,24-,25-,26?,27-,28+,30+,31?,33+,34?,35?,36?,37?,38+,39?,40+,41?,42+/m1/s1. The van der Waals surface area contributed by atoms with Crippen molar-refractivity contribution in [1.82, 2.24) is 4.90 Å². The molecule has 0 spiro atoms. The van der Waals surface area contributed by atoms with Gasteiger partial charge >= 0.3 is 11.9 Å². The predicted molar refractivity (Wildman–Crippen MR) is 214 cm³/mol. The number of cyclic esters (lactones) is 1. The van der Waals surface area contributed by atoms with Crippen LogP contribution in [0.3, 0.4) is 0 Å². The van der Waals surface area contributed by atoms with Crippen LogP contribution in [0.4, 0.5) is 0 Å². The number of nitrogens with zero attached hydrogens (tertiary/aromatic N) is 1. The Morgan fingerprint density at radius 1 is 0.842 bits per heavy atom. The van der Waals surface area contributed by atoms with Crippen LogP contribution in [0.15, 0.2) is 0 Å². The van der Waals surface area contributed by atoms with Crippen LogP contribution in [0.25, 0.3) is 0 Å². The molecule has 0 radical (unpaired) electrons. The van der Waals surface area contributed by atoms with E-state index in [9.17, 15) is 30.0 Å². The number of esters is 2. The van der Waals surface area contributed by atoms with Crippen molar-refractivity contribution in [1.29, 1.82) is 0 Å². The Balaban J connectivity index is 2.11. The van der Waals surface area contributed by atoms with Crippen molar-refractivity contribution in [2.24, 2.45) is 40.9 Å². The molecule has 0 saturated carbocycles. The molecule has 3 aliphatic heterocycles. The number of carbonyl (C=O) groups excluding carboxylic acids is 2. The van der Waals surface area contributed by atoms with Crippen LogP contribution in [0, 0.1) is 40.9 Å². The molecule has 0 aliphatic carbocycles. The number of hydrogen-bond acceptors (Lipinski definition) is 14. The van der Waals surface area contributed by atoms with Crippen molar-refractivity contribution in [3.8, 4) is 0 Å². The van der Waals surface area contributed by atoms with Gasteiger partial charge in [0.2, 0.25) is 0 Å². The molecule has 57 heavy (non-hydrogen) atoms. The minimum Gasteiger partial charge on any atom is -0.463 e. The molecule has 0 amide bonds. The Kier molecular flexibility index (Phi) is 18.7. The number of aliphatic hydroxyl groups is 4. The van der Waals surface area contributed by atoms with Crippen LogP contribution in [0.2, 0.25) is 0 Å². The van der Waals surface area contributed by atoms with E-state index in [1.807, 2.05) is 46.7 Å². The first kappa shape index (κ1) is 49.9. The number of rotatable bonds is 9. The normalized spacial score (nSPS) is 44.4. The first-order chi connectivity index (χ1) is 26.4. The molecule has 3 fully saturated rings. The molecule has 0 aromatic carbocycles. The Hall–Kier alpha value is -1.46. The third-order valence-electron chi connectivity index (χ3n) is 13.2. The summed E-state index contributed by atoms with van der Waals surface area (Å²) in [6, 6.07) is -0.508. The molecule has 19 atom stereocenters. The van der Waals surface area contributed by atoms with Gasteiger partial charge in [0.05, 0.1) is 49.1 Å². The SMILES string of the molecule is CO[C@@H]1[C@@H](O[C@@H]2O[C@@H](C)C(O[C@H]3CC(C)(C)C(C)[C@@H](C)O3)C(N(C)C)C2OC(C)=O)[C@@H](CC(C)C)C[C@@H](C)[C@@H](C)C(O)C(O)C(O)C(O)C[C@@H](C)OC(=O)C[C@H]1C. The fourth-order valence-electron chi connectivity index (χ4n) is 9.33. The van der Waals surface area contributed by atoms with Gasteiger partial charge in [-0.05, 0) is 88.6 Å². The van der Waals surface area contributed by atoms with Gasteiger partial charge in [-0.2, -0.15) is 0 Å². The molecule has 8 unspecified atom stereocenters. The van der Waals surface area contributed by atoms with E-state index < -0.39 is 103 Å². The average Bonchev–Trinajstić information content (AvgIpc) is 3.09. The highest BCUT2D eigenvalue weighted by atomic mass is 16.7. The molecule has 0 bridgehead atoms. The lowest BCUT2D eigenvalue weighted by atomic mass is 9.73. The van der Waals surface area contributed by atoms with Crippen molar-refractivity contribution in [3.05, 3.63) is 0 Å². The summed E-state index contributed by atoms with van der Waals surface area (Å²) in [6.07, 6.45) is -10.3. The second kappa shape index (κ2) is 21.4. The van der Waals surface area contributed by atoms with Gasteiger partial charge in [-0.3, -0.25) is 9.59 Å². The van der Waals surface area contributed by atoms with Gasteiger partial charge in [-0.15, -0.1) is 0 Å². The van der Waals surface area contributed by atoms with Crippen LogP contribution in [0.1, 0.15) is 115 Å². The number of aliphatic hydroxyl groups excluding tert-OH is 4. The van der Waals surface area contributed by atoms with Crippen molar-refractivity contribution < 1.29 is 63.2 Å². The Morgan fingerprint density at radius 3 is 2.02 bits per heavy atom. The molecular weight excluding hydrogens is 738 g/mol. The van der Waals surface area contributed by atoms with Gasteiger partial charge in [0.25, 0.3) is 0 Å². The molecule has 3 aliphatic rings. The summed E-state index contributed by atoms with van der Waals surface area (Å²) in [4.78, 5) is 28.2. The summed E-state index contributed by atoms with van der Waals surface area (Å²) in [5.41, 5.74) is -0.0363. The molecule has 3 saturated heterocycles. The molecule has 4 N–H and O–H groups in total. The summed E-state index contributed by atoms with van der Waals surface area (Å²) >= 11 is 0. The second-order valence-electron chi connectivity index (χ2n) is 19.1. The molecule has 14 heteroatoms. The quantitative estimate of drug-likeness (QED) is 0.242. The number of hydrogen-bond donors (Lipinski definition) is 4. The maximum Gasteiger partial charge on any atom is 0.306 e. The minimum absolute atomic E-state index is 0.0298. The topological polar surface area (TPSA) is 183 Å². The van der Waals surface area contributed by atoms with E-state index in [0.717, 1.165) is 0 Å². The fraction of sp³-hybridized carbons (Fsp3) is 0.953. The zero-order valence-corrected chi connectivity index (χ0v) is 37.5. The van der Waals surface area contributed by atoms with Crippen molar-refractivity contribution in [2.75, 3.05) is 21.2 Å². The van der Waals surface area contributed by atoms with E-state index in [1.165, 1.54) is 6.92 Å². The lowest BCUT2D eigenvalue weighted by Crippen LogP contribution is -2.66. The third-order valence-corrected chi connectivity index (χ3v) is 13.2. The Morgan fingerprint density at radius 2 is 1.47 bits per heavy atom. The van der Waals surface area contributed by atoms with Gasteiger partial charge < -0.3 is 58.5 Å². The second-order valence-corrected chi connectivity index (χ2v) is 19.1. The maximum atomic E-state index is 13.4. The van der Waals surface area contributed by atoms with E-state index in [0.29, 0.717) is 25.2 Å². The van der Waals surface area contributed by atoms with Crippen LogP contribution in [-0.2, 0) is 42.7 Å². The van der Waals surface area contributed by atoms with Crippen molar-refractivity contribution in [3.63, 3.8) is 0 Å². The Bertz CT molecular complexity index is 1250. The van der Waals surface area contributed by atoms with Crippen LogP contribution in [0.5, 0.6) is 0 Å². The highest BCUT2D eigenvalue weighted by Gasteiger charge is 2.53. The first-order valence-corrected chi connectivity index (χ1v) is 21.3. The van der Waals surface area contributed by atoms with Gasteiger partial charge in [0, 0.05) is 26.9 Å². The number of methoxy groups -OCH3 is 1. The number of carbonyl (C=O) groups is 2. The molecule has 334 valence electrons. The van der Waals surface area contributed by atoms with Crippen LogP contribution in [-0.4, -0.2) is 144 Å². The van der Waals surface area contributed by atoms with Crippen LogP contribution < -0.4 is 0 Å². The van der Waals surface area contributed by atoms with Crippen LogP contribution >= 0.6 is 0 Å². The lowest BCUT2D eigenvalue weighted by molar-refractivity contribution is -0.338. The zero-order chi connectivity index (χ0) is 43.3. The monoisotopic (exact) mass is 818 g/mol. The van der Waals surface area contributed by atoms with E-state index in [4.69, 9.17) is 33.2 Å². The molecule has 14 nitrogen and oxygen atoms in total.